The Bertz CT molecular complexity index is 1100. The quantitative estimate of drug-likeness (QED) is 0.737. The molecule has 1 aromatic heterocycles. The van der Waals surface area contributed by atoms with Gasteiger partial charge in [0.1, 0.15) is 5.75 Å². The zero-order chi connectivity index (χ0) is 19.1. The van der Waals surface area contributed by atoms with Gasteiger partial charge in [0.2, 0.25) is 6.79 Å². The Hall–Kier alpha value is -3.55. The molecular weight excluding hydrogens is 350 g/mol. The smallest absolute Gasteiger partial charge is 0.350 e. The Labute approximate surface area is 154 Å². The van der Waals surface area contributed by atoms with E-state index in [4.69, 9.17) is 9.47 Å². The molecule has 3 aromatic rings. The molecule has 0 saturated heterocycles. The molecule has 8 heteroatoms. The first kappa shape index (κ1) is 16.9. The van der Waals surface area contributed by atoms with Gasteiger partial charge < -0.3 is 14.6 Å². The van der Waals surface area contributed by atoms with Crippen LogP contribution in [0.25, 0.3) is 11.4 Å². The van der Waals surface area contributed by atoms with Gasteiger partial charge in [-0.25, -0.2) is 14.5 Å². The first-order valence-electron chi connectivity index (χ1n) is 8.40. The fraction of sp³-hybridized carbons (Fsp3) is 0.211. The van der Waals surface area contributed by atoms with Crippen LogP contribution in [0, 0.1) is 0 Å². The van der Waals surface area contributed by atoms with E-state index in [2.05, 4.69) is 10.2 Å². The summed E-state index contributed by atoms with van der Waals surface area (Å²) < 4.78 is 11.5. The van der Waals surface area contributed by atoms with Crippen molar-refractivity contribution in [3.05, 3.63) is 58.0 Å². The number of carbonyl (C=O) groups is 1. The van der Waals surface area contributed by atoms with Gasteiger partial charge in [0.15, 0.2) is 17.3 Å². The van der Waals surface area contributed by atoms with E-state index in [0.717, 1.165) is 4.57 Å². The van der Waals surface area contributed by atoms with Gasteiger partial charge in [-0.2, -0.15) is 5.10 Å². The molecule has 0 fully saturated rings. The van der Waals surface area contributed by atoms with Crippen LogP contribution in [0.3, 0.4) is 0 Å². The van der Waals surface area contributed by atoms with E-state index in [0.29, 0.717) is 22.6 Å². The average Bonchev–Trinajstić information content (AvgIpc) is 3.27. The lowest BCUT2D eigenvalue weighted by atomic mass is 9.99. The van der Waals surface area contributed by atoms with E-state index in [1.807, 2.05) is 13.8 Å². The number of phenolic OH excluding ortho intramolecular Hbond substituents is 1. The summed E-state index contributed by atoms with van der Waals surface area (Å²) in [5, 5.41) is 16.3. The molecule has 2 aromatic carbocycles. The molecule has 0 atom stereocenters. The van der Waals surface area contributed by atoms with E-state index < -0.39 is 11.6 Å². The van der Waals surface area contributed by atoms with Crippen LogP contribution in [0.1, 0.15) is 35.7 Å². The van der Waals surface area contributed by atoms with Crippen molar-refractivity contribution in [2.24, 2.45) is 0 Å². The molecule has 138 valence electrons. The maximum Gasteiger partial charge on any atom is 0.350 e. The number of fused-ring (bicyclic) bond motifs is 1. The van der Waals surface area contributed by atoms with Gasteiger partial charge >= 0.3 is 5.69 Å². The molecule has 0 saturated carbocycles. The summed E-state index contributed by atoms with van der Waals surface area (Å²) in [5.41, 5.74) is 0.868. The lowest BCUT2D eigenvalue weighted by Crippen LogP contribution is -2.25. The molecule has 0 aliphatic carbocycles. The van der Waals surface area contributed by atoms with Crippen LogP contribution < -0.4 is 15.2 Å². The zero-order valence-electron chi connectivity index (χ0n) is 14.7. The van der Waals surface area contributed by atoms with Crippen LogP contribution in [-0.2, 0) is 0 Å². The Balaban J connectivity index is 1.80. The molecule has 2 N–H and O–H groups in total. The third kappa shape index (κ3) is 2.84. The second-order valence-electron chi connectivity index (χ2n) is 6.49. The molecule has 4 rings (SSSR count). The number of hydrogen-bond donors (Lipinski definition) is 2. The van der Waals surface area contributed by atoms with Crippen molar-refractivity contribution in [3.8, 4) is 28.6 Å². The first-order valence-corrected chi connectivity index (χ1v) is 8.40. The Kier molecular flexibility index (Phi) is 3.95. The summed E-state index contributed by atoms with van der Waals surface area (Å²) >= 11 is 0. The summed E-state index contributed by atoms with van der Waals surface area (Å²) in [6, 6.07) is 9.58. The highest BCUT2D eigenvalue weighted by atomic mass is 16.7. The molecule has 0 bridgehead atoms. The third-order valence-electron chi connectivity index (χ3n) is 4.40. The van der Waals surface area contributed by atoms with Gasteiger partial charge in [-0.05, 0) is 47.9 Å². The minimum atomic E-state index is -0.646. The maximum atomic E-state index is 13.0. The number of carbonyl (C=O) groups excluding carboxylic acids is 1. The van der Waals surface area contributed by atoms with Crippen molar-refractivity contribution >= 4 is 5.91 Å². The molecule has 0 unspecified atom stereocenters. The third-order valence-corrected chi connectivity index (χ3v) is 4.40. The van der Waals surface area contributed by atoms with Gasteiger partial charge in [0.05, 0.1) is 0 Å². The minimum Gasteiger partial charge on any atom is -0.508 e. The summed E-state index contributed by atoms with van der Waals surface area (Å²) in [6.45, 7) is 3.97. The standard InChI is InChI=1S/C19H17N3O5/c1-10(2)13-7-11(3-5-14(13)23)17-20-21-19(25)22(17)18(24)12-4-6-15-16(8-12)27-9-26-15/h3-8,10,23H,9H2,1-2H3,(H,21,25). The van der Waals surface area contributed by atoms with E-state index in [9.17, 15) is 14.7 Å². The molecule has 8 nitrogen and oxygen atoms in total. The van der Waals surface area contributed by atoms with Crippen molar-refractivity contribution in [2.75, 3.05) is 6.79 Å². The maximum absolute atomic E-state index is 13.0. The van der Waals surface area contributed by atoms with Gasteiger partial charge in [0.25, 0.3) is 5.91 Å². The number of H-pyrrole nitrogens is 1. The van der Waals surface area contributed by atoms with Gasteiger partial charge in [-0.3, -0.25) is 4.79 Å². The van der Waals surface area contributed by atoms with Crippen LogP contribution in [-0.4, -0.2) is 32.6 Å². The van der Waals surface area contributed by atoms with Crippen LogP contribution in [0.5, 0.6) is 17.2 Å². The Morgan fingerprint density at radius 1 is 1.19 bits per heavy atom. The van der Waals surface area contributed by atoms with Gasteiger partial charge in [-0.15, -0.1) is 0 Å². The second-order valence-corrected chi connectivity index (χ2v) is 6.49. The number of aromatic amines is 1. The summed E-state index contributed by atoms with van der Waals surface area (Å²) in [7, 11) is 0. The molecule has 0 amide bonds. The van der Waals surface area contributed by atoms with Crippen LogP contribution in [0.2, 0.25) is 0 Å². The van der Waals surface area contributed by atoms with Crippen molar-refractivity contribution in [2.45, 2.75) is 19.8 Å². The molecule has 0 radical (unpaired) electrons. The van der Waals surface area contributed by atoms with Crippen molar-refractivity contribution in [1.29, 1.82) is 0 Å². The van der Waals surface area contributed by atoms with E-state index in [1.165, 1.54) is 12.1 Å². The summed E-state index contributed by atoms with van der Waals surface area (Å²) in [5.74, 6) is 0.844. The van der Waals surface area contributed by atoms with Crippen LogP contribution in [0.15, 0.2) is 41.2 Å². The van der Waals surface area contributed by atoms with Gasteiger partial charge in [-0.1, -0.05) is 13.8 Å². The number of benzene rings is 2. The second kappa shape index (κ2) is 6.31. The summed E-state index contributed by atoms with van der Waals surface area (Å²) in [6.07, 6.45) is 0. The number of nitrogens with zero attached hydrogens (tertiary/aromatic N) is 2. The van der Waals surface area contributed by atoms with E-state index >= 15 is 0 Å². The topological polar surface area (TPSA) is 106 Å². The fourth-order valence-corrected chi connectivity index (χ4v) is 2.99. The Morgan fingerprint density at radius 3 is 2.74 bits per heavy atom. The normalized spacial score (nSPS) is 12.6. The van der Waals surface area contributed by atoms with Crippen molar-refractivity contribution < 1.29 is 19.4 Å². The molecule has 0 spiro atoms. The largest absolute Gasteiger partial charge is 0.508 e. The summed E-state index contributed by atoms with van der Waals surface area (Å²) in [4.78, 5) is 25.2. The number of ether oxygens (including phenoxy) is 2. The highest BCUT2D eigenvalue weighted by molar-refractivity contribution is 5.98. The molecular formula is C19H17N3O5. The molecule has 27 heavy (non-hydrogen) atoms. The SMILES string of the molecule is CC(C)c1cc(-c2n[nH]c(=O)n2C(=O)c2ccc3c(c2)OCO3)ccc1O. The number of nitrogens with one attached hydrogen (secondary N) is 1. The Morgan fingerprint density at radius 2 is 1.96 bits per heavy atom. The van der Waals surface area contributed by atoms with Crippen molar-refractivity contribution in [3.63, 3.8) is 0 Å². The number of rotatable bonds is 3. The lowest BCUT2D eigenvalue weighted by Gasteiger charge is -2.11. The predicted molar refractivity (Wildman–Crippen MR) is 96.3 cm³/mol. The van der Waals surface area contributed by atoms with Crippen molar-refractivity contribution in [1.82, 2.24) is 14.8 Å². The van der Waals surface area contributed by atoms with E-state index in [1.54, 1.807) is 24.3 Å². The van der Waals surface area contributed by atoms with E-state index in [-0.39, 0.29) is 29.8 Å². The molecule has 2 heterocycles. The zero-order valence-corrected chi connectivity index (χ0v) is 14.7. The number of aromatic nitrogens is 3. The number of phenols is 1. The lowest BCUT2D eigenvalue weighted by molar-refractivity contribution is 0.0957. The average molecular weight is 367 g/mol. The highest BCUT2D eigenvalue weighted by Gasteiger charge is 2.22. The predicted octanol–water partition coefficient (Wildman–Crippen LogP) is 2.48. The van der Waals surface area contributed by atoms with Crippen LogP contribution in [0.4, 0.5) is 0 Å². The fourth-order valence-electron chi connectivity index (χ4n) is 2.99. The number of aromatic hydroxyl groups is 1. The monoisotopic (exact) mass is 367 g/mol. The molecule has 1 aliphatic rings. The van der Waals surface area contributed by atoms with Crippen LogP contribution >= 0.6 is 0 Å². The first-order chi connectivity index (χ1) is 13.0. The number of hydrogen-bond acceptors (Lipinski definition) is 6. The highest BCUT2D eigenvalue weighted by Crippen LogP contribution is 2.33. The minimum absolute atomic E-state index is 0.0635. The van der Waals surface area contributed by atoms with Gasteiger partial charge in [0, 0.05) is 11.1 Å². The molecule has 1 aliphatic heterocycles.